The van der Waals surface area contributed by atoms with Crippen molar-refractivity contribution < 1.29 is 4.39 Å². The van der Waals surface area contributed by atoms with E-state index in [0.717, 1.165) is 0 Å². The molecule has 3 nitrogen and oxygen atoms in total. The molecule has 0 unspecified atom stereocenters. The molecule has 1 aromatic carbocycles. The first-order valence-electron chi connectivity index (χ1n) is 4.07. The fourth-order valence-electron chi connectivity index (χ4n) is 1.22. The molecule has 0 fully saturated rings. The Kier molecular flexibility index (Phi) is 2.10. The average molecular weight is 190 g/mol. The molecule has 0 amide bonds. The van der Waals surface area contributed by atoms with Crippen molar-refractivity contribution in [1.29, 1.82) is 0 Å². The molecule has 1 N–H and O–H groups in total. The molecule has 0 bridgehead atoms. The first-order chi connectivity index (χ1) is 6.77. The summed E-state index contributed by atoms with van der Waals surface area (Å²) in [4.78, 5) is 10.9. The number of benzene rings is 1. The molecule has 1 aromatic heterocycles. The Morgan fingerprint density at radius 2 is 2.07 bits per heavy atom. The SMILES string of the molecule is O=c1cc(-c2ccccc2F)cn[nH]1. The summed E-state index contributed by atoms with van der Waals surface area (Å²) in [5, 5.41) is 5.83. The predicted molar refractivity (Wildman–Crippen MR) is 50.3 cm³/mol. The Morgan fingerprint density at radius 1 is 1.29 bits per heavy atom. The fraction of sp³-hybridized carbons (Fsp3) is 0. The summed E-state index contributed by atoms with van der Waals surface area (Å²) in [5.41, 5.74) is 0.517. The van der Waals surface area contributed by atoms with Crippen LogP contribution in [0.4, 0.5) is 4.39 Å². The molecule has 0 saturated heterocycles. The summed E-state index contributed by atoms with van der Waals surface area (Å²) in [6, 6.07) is 7.56. The van der Waals surface area contributed by atoms with Gasteiger partial charge in [-0.25, -0.2) is 9.49 Å². The summed E-state index contributed by atoms with van der Waals surface area (Å²) in [5.74, 6) is -0.361. The average Bonchev–Trinajstić information content (AvgIpc) is 2.18. The van der Waals surface area contributed by atoms with Gasteiger partial charge in [0.15, 0.2) is 0 Å². The van der Waals surface area contributed by atoms with Gasteiger partial charge in [-0.2, -0.15) is 5.10 Å². The maximum Gasteiger partial charge on any atom is 0.264 e. The number of rotatable bonds is 1. The number of aromatic amines is 1. The van der Waals surface area contributed by atoms with Crippen LogP contribution in [-0.2, 0) is 0 Å². The van der Waals surface area contributed by atoms with Crippen LogP contribution in [0.1, 0.15) is 0 Å². The van der Waals surface area contributed by atoms with Gasteiger partial charge in [-0.05, 0) is 6.07 Å². The maximum absolute atomic E-state index is 13.3. The summed E-state index contributed by atoms with van der Waals surface area (Å²) in [6.07, 6.45) is 1.42. The number of aromatic nitrogens is 2. The van der Waals surface area contributed by atoms with Crippen LogP contribution in [0.2, 0.25) is 0 Å². The van der Waals surface area contributed by atoms with E-state index in [1.54, 1.807) is 18.2 Å². The zero-order valence-electron chi connectivity index (χ0n) is 7.20. The Bertz CT molecular complexity index is 507. The summed E-state index contributed by atoms with van der Waals surface area (Å²) in [6.45, 7) is 0. The summed E-state index contributed by atoms with van der Waals surface area (Å²) < 4.78 is 13.3. The van der Waals surface area contributed by atoms with E-state index in [2.05, 4.69) is 10.2 Å². The van der Waals surface area contributed by atoms with Crippen molar-refractivity contribution in [1.82, 2.24) is 10.2 Å². The van der Waals surface area contributed by atoms with Gasteiger partial charge in [0.25, 0.3) is 5.56 Å². The van der Waals surface area contributed by atoms with E-state index in [4.69, 9.17) is 0 Å². The predicted octanol–water partition coefficient (Wildman–Crippen LogP) is 1.58. The van der Waals surface area contributed by atoms with Gasteiger partial charge in [0.05, 0.1) is 6.20 Å². The Hall–Kier alpha value is -1.97. The van der Waals surface area contributed by atoms with Gasteiger partial charge in [-0.3, -0.25) is 4.79 Å². The second kappa shape index (κ2) is 3.41. The van der Waals surface area contributed by atoms with Crippen molar-refractivity contribution in [2.45, 2.75) is 0 Å². The zero-order chi connectivity index (χ0) is 9.97. The van der Waals surface area contributed by atoms with Crippen LogP contribution >= 0.6 is 0 Å². The molecule has 0 aliphatic heterocycles. The molecular weight excluding hydrogens is 183 g/mol. The molecule has 0 spiro atoms. The van der Waals surface area contributed by atoms with Gasteiger partial charge >= 0.3 is 0 Å². The third-order valence-corrected chi connectivity index (χ3v) is 1.85. The van der Waals surface area contributed by atoms with Gasteiger partial charge in [-0.1, -0.05) is 18.2 Å². The highest BCUT2D eigenvalue weighted by atomic mass is 19.1. The van der Waals surface area contributed by atoms with E-state index < -0.39 is 0 Å². The molecule has 4 heteroatoms. The number of halogens is 1. The number of H-pyrrole nitrogens is 1. The van der Waals surface area contributed by atoms with Crippen molar-refractivity contribution in [3.05, 3.63) is 52.7 Å². The van der Waals surface area contributed by atoms with E-state index in [1.807, 2.05) is 0 Å². The van der Waals surface area contributed by atoms with Gasteiger partial charge < -0.3 is 0 Å². The molecule has 0 radical (unpaired) electrons. The smallest absolute Gasteiger partial charge is 0.264 e. The highest BCUT2D eigenvalue weighted by molar-refractivity contribution is 5.62. The number of hydrogen-bond acceptors (Lipinski definition) is 2. The van der Waals surface area contributed by atoms with Crippen molar-refractivity contribution in [3.63, 3.8) is 0 Å². The van der Waals surface area contributed by atoms with Crippen molar-refractivity contribution in [2.75, 3.05) is 0 Å². The summed E-state index contributed by atoms with van der Waals surface area (Å²) in [7, 11) is 0. The number of hydrogen-bond donors (Lipinski definition) is 1. The molecule has 1 heterocycles. The monoisotopic (exact) mass is 190 g/mol. The standard InChI is InChI=1S/C10H7FN2O/c11-9-4-2-1-3-8(9)7-5-10(14)13-12-6-7/h1-6H,(H,13,14). The molecule has 2 aromatic rings. The van der Waals surface area contributed by atoms with E-state index in [9.17, 15) is 9.18 Å². The lowest BCUT2D eigenvalue weighted by molar-refractivity contribution is 0.631. The van der Waals surface area contributed by atoms with E-state index in [0.29, 0.717) is 11.1 Å². The summed E-state index contributed by atoms with van der Waals surface area (Å²) >= 11 is 0. The van der Waals surface area contributed by atoms with E-state index in [-0.39, 0.29) is 11.4 Å². The highest BCUT2D eigenvalue weighted by Crippen LogP contribution is 2.19. The minimum atomic E-state index is -0.361. The number of nitrogens with one attached hydrogen (secondary N) is 1. The fourth-order valence-corrected chi connectivity index (χ4v) is 1.22. The second-order valence-electron chi connectivity index (χ2n) is 2.81. The Balaban J connectivity index is 2.61. The van der Waals surface area contributed by atoms with Gasteiger partial charge in [-0.15, -0.1) is 0 Å². The van der Waals surface area contributed by atoms with Crippen LogP contribution in [0.3, 0.4) is 0 Å². The second-order valence-corrected chi connectivity index (χ2v) is 2.81. The molecular formula is C10H7FN2O. The van der Waals surface area contributed by atoms with Crippen molar-refractivity contribution >= 4 is 0 Å². The lowest BCUT2D eigenvalue weighted by atomic mass is 10.1. The largest absolute Gasteiger partial charge is 0.268 e. The Morgan fingerprint density at radius 3 is 2.79 bits per heavy atom. The number of nitrogens with zero attached hydrogens (tertiary/aromatic N) is 1. The normalized spacial score (nSPS) is 10.1. The van der Waals surface area contributed by atoms with Crippen LogP contribution in [0.15, 0.2) is 41.3 Å². The van der Waals surface area contributed by atoms with Crippen LogP contribution in [-0.4, -0.2) is 10.2 Å². The van der Waals surface area contributed by atoms with E-state index in [1.165, 1.54) is 18.3 Å². The van der Waals surface area contributed by atoms with Crippen molar-refractivity contribution in [3.8, 4) is 11.1 Å². The Labute approximate surface area is 79.2 Å². The molecule has 0 aliphatic carbocycles. The first-order valence-corrected chi connectivity index (χ1v) is 4.07. The molecule has 0 atom stereocenters. The minimum absolute atomic E-state index is 0.342. The maximum atomic E-state index is 13.3. The lowest BCUT2D eigenvalue weighted by Gasteiger charge is -2.00. The quantitative estimate of drug-likeness (QED) is 0.741. The third kappa shape index (κ3) is 1.54. The van der Waals surface area contributed by atoms with Crippen LogP contribution in [0.5, 0.6) is 0 Å². The van der Waals surface area contributed by atoms with Crippen LogP contribution < -0.4 is 5.56 Å². The minimum Gasteiger partial charge on any atom is -0.268 e. The first kappa shape index (κ1) is 8.62. The molecule has 70 valence electrons. The molecule has 0 saturated carbocycles. The third-order valence-electron chi connectivity index (χ3n) is 1.85. The van der Waals surface area contributed by atoms with Gasteiger partial charge in [0.1, 0.15) is 5.82 Å². The molecule has 0 aliphatic rings. The highest BCUT2D eigenvalue weighted by Gasteiger charge is 2.03. The van der Waals surface area contributed by atoms with E-state index >= 15 is 0 Å². The molecule has 2 rings (SSSR count). The van der Waals surface area contributed by atoms with Crippen molar-refractivity contribution in [2.24, 2.45) is 0 Å². The van der Waals surface area contributed by atoms with Gasteiger partial charge in [0.2, 0.25) is 0 Å². The zero-order valence-corrected chi connectivity index (χ0v) is 7.20. The van der Waals surface area contributed by atoms with Crippen LogP contribution in [0, 0.1) is 5.82 Å². The van der Waals surface area contributed by atoms with Gasteiger partial charge in [0, 0.05) is 17.2 Å². The topological polar surface area (TPSA) is 45.8 Å². The van der Waals surface area contributed by atoms with Crippen LogP contribution in [0.25, 0.3) is 11.1 Å². The lowest BCUT2D eigenvalue weighted by Crippen LogP contribution is -2.05. The molecule has 14 heavy (non-hydrogen) atoms.